The monoisotopic (exact) mass is 512 g/mol. The van der Waals surface area contributed by atoms with E-state index in [-0.39, 0.29) is 5.92 Å². The van der Waals surface area contributed by atoms with Gasteiger partial charge in [0, 0.05) is 18.2 Å². The summed E-state index contributed by atoms with van der Waals surface area (Å²) in [6, 6.07) is 0.856. The van der Waals surface area contributed by atoms with Gasteiger partial charge in [0.2, 0.25) is 0 Å². The molecule has 1 nitrogen and oxygen atoms in total. The Balaban J connectivity index is 1.18. The third kappa shape index (κ3) is 7.25. The van der Waals surface area contributed by atoms with Crippen molar-refractivity contribution in [2.24, 2.45) is 35.5 Å². The molecule has 4 rings (SSSR count). The van der Waals surface area contributed by atoms with Gasteiger partial charge in [-0.15, -0.1) is 0 Å². The molecule has 0 amide bonds. The Morgan fingerprint density at radius 3 is 1.67 bits per heavy atom. The first-order valence-electron chi connectivity index (χ1n) is 14.1. The van der Waals surface area contributed by atoms with Gasteiger partial charge in [-0.25, -0.2) is 13.2 Å². The first-order valence-corrected chi connectivity index (χ1v) is 14.1. The van der Waals surface area contributed by atoms with Crippen LogP contribution in [0.5, 0.6) is 5.75 Å². The molecule has 0 radical (unpaired) electrons. The molecule has 3 aliphatic rings. The van der Waals surface area contributed by atoms with Gasteiger partial charge in [-0.3, -0.25) is 0 Å². The summed E-state index contributed by atoms with van der Waals surface area (Å²) in [5.74, 6) is -1.24. The molecule has 3 fully saturated rings. The summed E-state index contributed by atoms with van der Waals surface area (Å²) in [5, 5.41) is 0. The van der Waals surface area contributed by atoms with Gasteiger partial charge in [-0.1, -0.05) is 38.7 Å². The van der Waals surface area contributed by atoms with Gasteiger partial charge in [0.15, 0.2) is 17.5 Å². The molecule has 0 aromatic heterocycles. The maximum atomic E-state index is 14.2. The average Bonchev–Trinajstić information content (AvgIpc) is 2.87. The third-order valence-electron chi connectivity index (χ3n) is 9.33. The van der Waals surface area contributed by atoms with E-state index in [1.165, 1.54) is 70.3 Å². The molecular weight excluding hydrogens is 471 g/mol. The van der Waals surface area contributed by atoms with Crippen LogP contribution in [0.15, 0.2) is 24.3 Å². The smallest absolute Gasteiger partial charge is 0.419 e. The lowest BCUT2D eigenvalue weighted by Gasteiger charge is -2.41. The lowest BCUT2D eigenvalue weighted by atomic mass is 9.65. The van der Waals surface area contributed by atoms with Crippen molar-refractivity contribution in [3.05, 3.63) is 41.7 Å². The normalized spacial score (nSPS) is 32.1. The number of hydrogen-bond donors (Lipinski definition) is 0. The second kappa shape index (κ2) is 12.3. The maximum absolute atomic E-state index is 14.2. The molecule has 3 aliphatic carbocycles. The minimum atomic E-state index is -3.72. The van der Waals surface area contributed by atoms with Crippen LogP contribution in [0, 0.1) is 53.0 Å². The van der Waals surface area contributed by atoms with Gasteiger partial charge in [-0.2, -0.15) is 8.78 Å². The van der Waals surface area contributed by atoms with Crippen molar-refractivity contribution in [1.29, 1.82) is 0 Å². The van der Waals surface area contributed by atoms with Crippen LogP contribution in [-0.4, -0.2) is 6.11 Å². The molecule has 0 atom stereocenters. The number of rotatable bonds is 8. The first kappa shape index (κ1) is 27.4. The van der Waals surface area contributed by atoms with E-state index >= 15 is 0 Å². The summed E-state index contributed by atoms with van der Waals surface area (Å²) >= 11 is 0. The Morgan fingerprint density at radius 2 is 1.19 bits per heavy atom. The van der Waals surface area contributed by atoms with Crippen molar-refractivity contribution in [2.75, 3.05) is 0 Å². The van der Waals surface area contributed by atoms with E-state index in [2.05, 4.69) is 11.7 Å². The van der Waals surface area contributed by atoms with E-state index in [1.807, 2.05) is 0 Å². The lowest BCUT2D eigenvalue weighted by molar-refractivity contribution is -0.132. The molecule has 0 saturated heterocycles. The highest BCUT2D eigenvalue weighted by Gasteiger charge is 2.35. The third-order valence-corrected chi connectivity index (χ3v) is 9.33. The van der Waals surface area contributed by atoms with Crippen LogP contribution in [-0.2, 0) is 0 Å². The lowest BCUT2D eigenvalue weighted by Crippen LogP contribution is -2.29. The molecule has 0 aliphatic heterocycles. The zero-order valence-electron chi connectivity index (χ0n) is 21.5. The Labute approximate surface area is 212 Å². The van der Waals surface area contributed by atoms with Crippen molar-refractivity contribution in [3.8, 4) is 5.75 Å². The van der Waals surface area contributed by atoms with Gasteiger partial charge < -0.3 is 4.74 Å². The van der Waals surface area contributed by atoms with E-state index in [0.717, 1.165) is 49.4 Å². The van der Waals surface area contributed by atoms with Crippen LogP contribution in [0.25, 0.3) is 0 Å². The Morgan fingerprint density at radius 1 is 0.750 bits per heavy atom. The van der Waals surface area contributed by atoms with Gasteiger partial charge in [0.25, 0.3) is 0 Å². The van der Waals surface area contributed by atoms with Crippen LogP contribution in [0.3, 0.4) is 0 Å². The van der Waals surface area contributed by atoms with Gasteiger partial charge in [0.1, 0.15) is 5.75 Å². The first-order chi connectivity index (χ1) is 17.2. The SMILES string of the molecule is CCCC1CCC(C2CCC(C3CCC(C=CC(F)(F)Oc4cc(F)c(F)c(F)c4)CC3)CC2)CC1. The number of hydrogen-bond acceptors (Lipinski definition) is 1. The molecule has 1 aromatic carbocycles. The molecule has 1 aromatic rings. The van der Waals surface area contributed by atoms with Crippen LogP contribution in [0.1, 0.15) is 96.8 Å². The Kier molecular flexibility index (Phi) is 9.38. The summed E-state index contributed by atoms with van der Waals surface area (Å²) in [4.78, 5) is 0. The molecule has 202 valence electrons. The van der Waals surface area contributed by atoms with Crippen molar-refractivity contribution in [2.45, 2.75) is 103 Å². The fourth-order valence-corrected chi connectivity index (χ4v) is 7.28. The molecule has 0 unspecified atom stereocenters. The minimum absolute atomic E-state index is 0.0482. The predicted octanol–water partition coefficient (Wildman–Crippen LogP) is 9.85. The number of benzene rings is 1. The minimum Gasteiger partial charge on any atom is -0.429 e. The molecule has 3 saturated carbocycles. The highest BCUT2D eigenvalue weighted by molar-refractivity contribution is 5.26. The van der Waals surface area contributed by atoms with Crippen molar-refractivity contribution in [3.63, 3.8) is 0 Å². The zero-order chi connectivity index (χ0) is 25.7. The quantitative estimate of drug-likeness (QED) is 0.191. The fourth-order valence-electron chi connectivity index (χ4n) is 7.28. The topological polar surface area (TPSA) is 9.23 Å². The van der Waals surface area contributed by atoms with Crippen LogP contribution in [0.2, 0.25) is 0 Å². The summed E-state index contributed by atoms with van der Waals surface area (Å²) in [6.07, 6.45) is 16.1. The van der Waals surface area contributed by atoms with E-state index in [0.29, 0.717) is 24.1 Å². The van der Waals surface area contributed by atoms with Crippen molar-refractivity contribution >= 4 is 0 Å². The van der Waals surface area contributed by atoms with E-state index in [4.69, 9.17) is 0 Å². The van der Waals surface area contributed by atoms with Crippen molar-refractivity contribution in [1.82, 2.24) is 0 Å². The van der Waals surface area contributed by atoms with Gasteiger partial charge >= 0.3 is 6.11 Å². The summed E-state index contributed by atoms with van der Waals surface area (Å²) in [5.41, 5.74) is 0. The standard InChI is InChI=1S/C30H41F5O/c1-2-3-20-4-8-22(9-5-20)24-12-14-25(15-13-24)23-10-6-21(7-11-23)16-17-30(34,35)36-26-18-27(31)29(33)28(32)19-26/h16-25H,2-15H2,1H3. The van der Waals surface area contributed by atoms with Crippen LogP contribution in [0.4, 0.5) is 22.0 Å². The van der Waals surface area contributed by atoms with Crippen LogP contribution >= 0.6 is 0 Å². The van der Waals surface area contributed by atoms with Gasteiger partial charge in [-0.05, 0) is 99.7 Å². The summed E-state index contributed by atoms with van der Waals surface area (Å²) < 4.78 is 72.4. The van der Waals surface area contributed by atoms with Crippen LogP contribution < -0.4 is 4.74 Å². The average molecular weight is 513 g/mol. The number of allylic oxidation sites excluding steroid dienone is 1. The molecule has 0 spiro atoms. The number of halogens is 5. The molecule has 0 N–H and O–H groups in total. The molecule has 6 heteroatoms. The Bertz CT molecular complexity index is 837. The second-order valence-electron chi connectivity index (χ2n) is 11.6. The fraction of sp³-hybridized carbons (Fsp3) is 0.733. The highest BCUT2D eigenvalue weighted by atomic mass is 19.3. The van der Waals surface area contributed by atoms with E-state index in [9.17, 15) is 22.0 Å². The second-order valence-corrected chi connectivity index (χ2v) is 11.6. The molecule has 0 heterocycles. The summed E-state index contributed by atoms with van der Waals surface area (Å²) in [6.45, 7) is 2.30. The van der Waals surface area contributed by atoms with Crippen molar-refractivity contribution < 1.29 is 26.7 Å². The number of ether oxygens (including phenoxy) is 1. The van der Waals surface area contributed by atoms with E-state index in [1.54, 1.807) is 0 Å². The molecule has 36 heavy (non-hydrogen) atoms. The van der Waals surface area contributed by atoms with E-state index < -0.39 is 29.3 Å². The largest absolute Gasteiger partial charge is 0.429 e. The maximum Gasteiger partial charge on any atom is 0.419 e. The number of alkyl halides is 2. The highest BCUT2D eigenvalue weighted by Crippen LogP contribution is 2.46. The molecular formula is C30H41F5O. The summed E-state index contributed by atoms with van der Waals surface area (Å²) in [7, 11) is 0. The molecule has 0 bridgehead atoms. The van der Waals surface area contributed by atoms with Gasteiger partial charge in [0.05, 0.1) is 0 Å². The zero-order valence-corrected chi connectivity index (χ0v) is 21.5. The Hall–Kier alpha value is -1.59. The predicted molar refractivity (Wildman–Crippen MR) is 132 cm³/mol.